The quantitative estimate of drug-likeness (QED) is 0.706. The van der Waals surface area contributed by atoms with Crippen molar-refractivity contribution in [1.82, 2.24) is 0 Å². The largest absolute Gasteiger partial charge is 0.478 e. The summed E-state index contributed by atoms with van der Waals surface area (Å²) in [7, 11) is 0. The van der Waals surface area contributed by atoms with Crippen LogP contribution in [0.5, 0.6) is 0 Å². The molecule has 0 aromatic heterocycles. The minimum absolute atomic E-state index is 0.220. The van der Waals surface area contributed by atoms with E-state index in [1.165, 1.54) is 30.4 Å². The van der Waals surface area contributed by atoms with Crippen LogP contribution in [-0.2, 0) is 0 Å². The maximum atomic E-state index is 11.3. The number of benzene rings is 1. The molecule has 0 saturated carbocycles. The Labute approximate surface area is 139 Å². The zero-order valence-electron chi connectivity index (χ0n) is 14.5. The SMILES string of the molecule is CC(C=CC1=C(C)CCCC1(C)C)=Cc1ccccc1C(=O)O. The Bertz CT molecular complexity index is 688. The lowest BCUT2D eigenvalue weighted by molar-refractivity contribution is 0.0696. The maximum absolute atomic E-state index is 11.3. The second-order valence-electron chi connectivity index (χ2n) is 7.05. The van der Waals surface area contributed by atoms with Crippen LogP contribution in [0, 0.1) is 5.41 Å². The van der Waals surface area contributed by atoms with Crippen LogP contribution in [0.3, 0.4) is 0 Å². The molecule has 1 aliphatic carbocycles. The molecule has 0 fully saturated rings. The maximum Gasteiger partial charge on any atom is 0.336 e. The van der Waals surface area contributed by atoms with Crippen LogP contribution < -0.4 is 0 Å². The highest BCUT2D eigenvalue weighted by Gasteiger charge is 2.26. The van der Waals surface area contributed by atoms with E-state index in [1.54, 1.807) is 12.1 Å². The fourth-order valence-electron chi connectivity index (χ4n) is 3.34. The van der Waals surface area contributed by atoms with Gasteiger partial charge in [-0.05, 0) is 55.7 Å². The van der Waals surface area contributed by atoms with Gasteiger partial charge < -0.3 is 5.11 Å². The minimum atomic E-state index is -0.888. The average molecular weight is 310 g/mol. The molecule has 1 N–H and O–H groups in total. The Morgan fingerprint density at radius 3 is 2.61 bits per heavy atom. The summed E-state index contributed by atoms with van der Waals surface area (Å²) in [6.45, 7) is 8.84. The van der Waals surface area contributed by atoms with Gasteiger partial charge in [0.15, 0.2) is 0 Å². The summed E-state index contributed by atoms with van der Waals surface area (Å²) < 4.78 is 0. The van der Waals surface area contributed by atoms with E-state index in [4.69, 9.17) is 0 Å². The van der Waals surface area contributed by atoms with Gasteiger partial charge in [0.05, 0.1) is 5.56 Å². The van der Waals surface area contributed by atoms with Gasteiger partial charge in [-0.2, -0.15) is 0 Å². The molecule has 0 aliphatic heterocycles. The van der Waals surface area contributed by atoms with Crippen LogP contribution in [0.4, 0.5) is 0 Å². The first-order valence-corrected chi connectivity index (χ1v) is 8.20. The molecule has 1 aliphatic rings. The fourth-order valence-corrected chi connectivity index (χ4v) is 3.34. The molecule has 1 aromatic rings. The molecule has 0 spiro atoms. The number of aromatic carboxylic acids is 1. The van der Waals surface area contributed by atoms with Gasteiger partial charge in [-0.1, -0.05) is 61.4 Å². The van der Waals surface area contributed by atoms with E-state index < -0.39 is 5.97 Å². The van der Waals surface area contributed by atoms with Crippen LogP contribution in [0.1, 0.15) is 62.9 Å². The molecule has 0 unspecified atom stereocenters. The van der Waals surface area contributed by atoms with Gasteiger partial charge in [0.1, 0.15) is 0 Å². The first kappa shape index (κ1) is 17.3. The zero-order valence-corrected chi connectivity index (χ0v) is 14.5. The minimum Gasteiger partial charge on any atom is -0.478 e. The molecule has 2 heteroatoms. The molecule has 0 amide bonds. The number of carbonyl (C=O) groups is 1. The van der Waals surface area contributed by atoms with Gasteiger partial charge in [-0.3, -0.25) is 0 Å². The summed E-state index contributed by atoms with van der Waals surface area (Å²) >= 11 is 0. The Balaban J connectivity index is 2.28. The summed E-state index contributed by atoms with van der Waals surface area (Å²) in [6.07, 6.45) is 9.90. The van der Waals surface area contributed by atoms with E-state index in [2.05, 4.69) is 32.9 Å². The average Bonchev–Trinajstić information content (AvgIpc) is 2.46. The molecule has 23 heavy (non-hydrogen) atoms. The second-order valence-corrected chi connectivity index (χ2v) is 7.05. The third-order valence-corrected chi connectivity index (χ3v) is 4.63. The van der Waals surface area contributed by atoms with Crippen molar-refractivity contribution < 1.29 is 9.90 Å². The molecule has 0 heterocycles. The van der Waals surface area contributed by atoms with Crippen LogP contribution in [0.15, 0.2) is 53.1 Å². The molecular formula is C21H26O2. The second kappa shape index (κ2) is 6.99. The van der Waals surface area contributed by atoms with Crippen molar-refractivity contribution in [3.63, 3.8) is 0 Å². The van der Waals surface area contributed by atoms with Crippen molar-refractivity contribution in [3.05, 3.63) is 64.3 Å². The van der Waals surface area contributed by atoms with E-state index in [-0.39, 0.29) is 5.41 Å². The lowest BCUT2D eigenvalue weighted by Gasteiger charge is -2.32. The van der Waals surface area contributed by atoms with E-state index in [1.807, 2.05) is 25.1 Å². The van der Waals surface area contributed by atoms with Gasteiger partial charge in [-0.15, -0.1) is 0 Å². The van der Waals surface area contributed by atoms with E-state index in [0.29, 0.717) is 5.56 Å². The monoisotopic (exact) mass is 310 g/mol. The number of hydrogen-bond donors (Lipinski definition) is 1. The molecule has 0 atom stereocenters. The molecule has 2 rings (SSSR count). The summed E-state index contributed by atoms with van der Waals surface area (Å²) in [5.41, 5.74) is 5.25. The summed E-state index contributed by atoms with van der Waals surface area (Å²) in [5.74, 6) is -0.888. The van der Waals surface area contributed by atoms with Gasteiger partial charge in [0.2, 0.25) is 0 Å². The first-order chi connectivity index (χ1) is 10.8. The number of carboxylic acids is 1. The van der Waals surface area contributed by atoms with Gasteiger partial charge in [-0.25, -0.2) is 4.79 Å². The molecule has 0 saturated heterocycles. The molecule has 122 valence electrons. The Morgan fingerprint density at radius 1 is 1.26 bits per heavy atom. The van der Waals surface area contributed by atoms with Crippen molar-refractivity contribution in [3.8, 4) is 0 Å². The molecule has 2 nitrogen and oxygen atoms in total. The van der Waals surface area contributed by atoms with Crippen molar-refractivity contribution in [1.29, 1.82) is 0 Å². The van der Waals surface area contributed by atoms with Crippen LogP contribution >= 0.6 is 0 Å². The lowest BCUT2D eigenvalue weighted by atomic mass is 9.72. The Morgan fingerprint density at radius 2 is 1.96 bits per heavy atom. The van der Waals surface area contributed by atoms with E-state index >= 15 is 0 Å². The number of carboxylic acid groups (broad SMARTS) is 1. The molecule has 1 aromatic carbocycles. The van der Waals surface area contributed by atoms with Gasteiger partial charge in [0, 0.05) is 0 Å². The smallest absolute Gasteiger partial charge is 0.336 e. The summed E-state index contributed by atoms with van der Waals surface area (Å²) in [6, 6.07) is 7.11. The van der Waals surface area contributed by atoms with Crippen molar-refractivity contribution >= 4 is 12.0 Å². The molecule has 0 bridgehead atoms. The van der Waals surface area contributed by atoms with Crippen molar-refractivity contribution in [2.24, 2.45) is 5.41 Å². The Hall–Kier alpha value is -2.09. The van der Waals surface area contributed by atoms with Crippen molar-refractivity contribution in [2.45, 2.75) is 47.0 Å². The predicted molar refractivity (Wildman–Crippen MR) is 96.5 cm³/mol. The lowest BCUT2D eigenvalue weighted by Crippen LogP contribution is -2.19. The molecular weight excluding hydrogens is 284 g/mol. The number of hydrogen-bond acceptors (Lipinski definition) is 1. The highest BCUT2D eigenvalue weighted by Crippen LogP contribution is 2.40. The Kier molecular flexibility index (Phi) is 5.25. The van der Waals surface area contributed by atoms with Gasteiger partial charge in [0.25, 0.3) is 0 Å². The summed E-state index contributed by atoms with van der Waals surface area (Å²) in [4.78, 5) is 11.3. The van der Waals surface area contributed by atoms with Crippen molar-refractivity contribution in [2.75, 3.05) is 0 Å². The highest BCUT2D eigenvalue weighted by molar-refractivity contribution is 5.92. The number of rotatable bonds is 4. The van der Waals surface area contributed by atoms with Gasteiger partial charge >= 0.3 is 5.97 Å². The van der Waals surface area contributed by atoms with Crippen LogP contribution in [0.25, 0.3) is 6.08 Å². The molecule has 0 radical (unpaired) electrons. The number of allylic oxidation sites excluding steroid dienone is 5. The third-order valence-electron chi connectivity index (χ3n) is 4.63. The first-order valence-electron chi connectivity index (χ1n) is 8.20. The fraction of sp³-hybridized carbons (Fsp3) is 0.381. The van der Waals surface area contributed by atoms with Crippen LogP contribution in [0.2, 0.25) is 0 Å². The normalized spacial score (nSPS) is 18.5. The topological polar surface area (TPSA) is 37.3 Å². The third kappa shape index (κ3) is 4.22. The predicted octanol–water partition coefficient (Wildman–Crippen LogP) is 5.87. The van der Waals surface area contributed by atoms with E-state index in [9.17, 15) is 9.90 Å². The highest BCUT2D eigenvalue weighted by atomic mass is 16.4. The summed E-state index contributed by atoms with van der Waals surface area (Å²) in [5, 5.41) is 9.26. The van der Waals surface area contributed by atoms with Crippen LogP contribution in [-0.4, -0.2) is 11.1 Å². The zero-order chi connectivity index (χ0) is 17.0. The van der Waals surface area contributed by atoms with E-state index in [0.717, 1.165) is 11.1 Å². The standard InChI is InChI=1S/C21H26O2/c1-15(14-17-9-5-6-10-18(17)20(22)23)11-12-19-16(2)8-7-13-21(19,3)4/h5-6,9-12,14H,7-8,13H2,1-4H3,(H,22,23).